The van der Waals surface area contributed by atoms with Gasteiger partial charge in [-0.05, 0) is 50.2 Å². The number of pyridine rings is 1. The van der Waals surface area contributed by atoms with Crippen molar-refractivity contribution in [1.82, 2.24) is 14.9 Å². The van der Waals surface area contributed by atoms with Gasteiger partial charge < -0.3 is 31.2 Å². The Morgan fingerprint density at radius 1 is 1.16 bits per heavy atom. The highest BCUT2D eigenvalue weighted by Gasteiger charge is 2.25. The van der Waals surface area contributed by atoms with Gasteiger partial charge in [-0.25, -0.2) is 4.98 Å². The van der Waals surface area contributed by atoms with Crippen molar-refractivity contribution in [3.8, 4) is 0 Å². The van der Waals surface area contributed by atoms with E-state index in [-0.39, 0.29) is 18.4 Å². The van der Waals surface area contributed by atoms with Crippen molar-refractivity contribution in [2.75, 3.05) is 48.3 Å². The molecular weight excluding hydrogens is 406 g/mol. The van der Waals surface area contributed by atoms with Crippen molar-refractivity contribution >= 4 is 39.9 Å². The van der Waals surface area contributed by atoms with Crippen LogP contribution in [0.15, 0.2) is 42.6 Å². The number of amides is 2. The third-order valence-electron chi connectivity index (χ3n) is 5.42. The first kappa shape index (κ1) is 21.6. The van der Waals surface area contributed by atoms with Crippen LogP contribution in [0.1, 0.15) is 24.3 Å². The standard InChI is InChI=1S/C23H29N7O2/c1-15(2)26-19-4-3-7-25-22(19)29-8-10-30(11-9-29)23(32)20-13-16-12-17(27-21(31)14-24)5-6-18(16)28-20/h3-7,12-13,15,26,28H,8-11,14,24H2,1-2H3,(H,27,31). The van der Waals surface area contributed by atoms with Crippen molar-refractivity contribution in [2.45, 2.75) is 19.9 Å². The number of nitrogens with zero attached hydrogens (tertiary/aromatic N) is 3. The number of aromatic nitrogens is 2. The third-order valence-corrected chi connectivity index (χ3v) is 5.42. The molecule has 1 aliphatic rings. The van der Waals surface area contributed by atoms with Crippen LogP contribution in [0.3, 0.4) is 0 Å². The molecular formula is C23H29N7O2. The number of anilines is 3. The zero-order chi connectivity index (χ0) is 22.7. The van der Waals surface area contributed by atoms with Gasteiger partial charge in [0.15, 0.2) is 5.82 Å². The molecule has 168 valence electrons. The Bertz CT molecular complexity index is 1120. The lowest BCUT2D eigenvalue weighted by Crippen LogP contribution is -2.49. The van der Waals surface area contributed by atoms with Gasteiger partial charge in [-0.2, -0.15) is 0 Å². The number of H-pyrrole nitrogens is 1. The predicted molar refractivity (Wildman–Crippen MR) is 127 cm³/mol. The lowest BCUT2D eigenvalue weighted by atomic mass is 10.2. The van der Waals surface area contributed by atoms with Crippen LogP contribution in [0, 0.1) is 0 Å². The van der Waals surface area contributed by atoms with E-state index in [0.717, 1.165) is 22.4 Å². The molecule has 1 aromatic carbocycles. The highest BCUT2D eigenvalue weighted by atomic mass is 16.2. The highest BCUT2D eigenvalue weighted by molar-refractivity contribution is 6.00. The van der Waals surface area contributed by atoms with Crippen molar-refractivity contribution in [2.24, 2.45) is 5.73 Å². The summed E-state index contributed by atoms with van der Waals surface area (Å²) < 4.78 is 0. The second-order valence-corrected chi connectivity index (χ2v) is 8.19. The van der Waals surface area contributed by atoms with E-state index in [4.69, 9.17) is 5.73 Å². The zero-order valence-corrected chi connectivity index (χ0v) is 18.4. The van der Waals surface area contributed by atoms with E-state index in [1.807, 2.05) is 35.2 Å². The molecule has 0 saturated carbocycles. The Morgan fingerprint density at radius 2 is 1.94 bits per heavy atom. The maximum absolute atomic E-state index is 13.1. The van der Waals surface area contributed by atoms with Gasteiger partial charge in [0.05, 0.1) is 12.2 Å². The number of nitrogens with two attached hydrogens (primary N) is 1. The van der Waals surface area contributed by atoms with Crippen LogP contribution in [0.4, 0.5) is 17.2 Å². The molecule has 3 aromatic rings. The fourth-order valence-corrected chi connectivity index (χ4v) is 3.90. The van der Waals surface area contributed by atoms with Gasteiger partial charge in [-0.3, -0.25) is 9.59 Å². The molecule has 3 heterocycles. The molecule has 0 spiro atoms. The van der Waals surface area contributed by atoms with Crippen LogP contribution < -0.4 is 21.3 Å². The third kappa shape index (κ3) is 4.67. The van der Waals surface area contributed by atoms with E-state index in [9.17, 15) is 9.59 Å². The number of aromatic amines is 1. The van der Waals surface area contributed by atoms with Crippen LogP contribution >= 0.6 is 0 Å². The zero-order valence-electron chi connectivity index (χ0n) is 18.4. The van der Waals surface area contributed by atoms with Crippen molar-refractivity contribution in [3.63, 3.8) is 0 Å². The van der Waals surface area contributed by atoms with Crippen molar-refractivity contribution < 1.29 is 9.59 Å². The number of nitrogens with one attached hydrogen (secondary N) is 3. The fraction of sp³-hybridized carbons (Fsp3) is 0.348. The molecule has 2 amide bonds. The van der Waals surface area contributed by atoms with Crippen molar-refractivity contribution in [3.05, 3.63) is 48.3 Å². The van der Waals surface area contributed by atoms with Gasteiger partial charge in [0, 0.05) is 55.0 Å². The topological polar surface area (TPSA) is 119 Å². The van der Waals surface area contributed by atoms with Crippen LogP contribution in [0.2, 0.25) is 0 Å². The maximum Gasteiger partial charge on any atom is 0.270 e. The number of benzene rings is 1. The normalized spacial score (nSPS) is 14.1. The van der Waals surface area contributed by atoms with Gasteiger partial charge in [0.2, 0.25) is 5.91 Å². The molecule has 0 bridgehead atoms. The lowest BCUT2D eigenvalue weighted by molar-refractivity contribution is -0.114. The van der Waals surface area contributed by atoms with Crippen LogP contribution in [-0.2, 0) is 4.79 Å². The molecule has 2 aromatic heterocycles. The molecule has 1 fully saturated rings. The Morgan fingerprint density at radius 3 is 2.66 bits per heavy atom. The summed E-state index contributed by atoms with van der Waals surface area (Å²) in [6, 6.07) is 11.6. The summed E-state index contributed by atoms with van der Waals surface area (Å²) in [7, 11) is 0. The largest absolute Gasteiger partial charge is 0.380 e. The minimum atomic E-state index is -0.256. The monoisotopic (exact) mass is 435 g/mol. The second kappa shape index (κ2) is 9.27. The van der Waals surface area contributed by atoms with E-state index in [1.165, 1.54) is 0 Å². The number of carbonyl (C=O) groups is 2. The molecule has 0 unspecified atom stereocenters. The summed E-state index contributed by atoms with van der Waals surface area (Å²) >= 11 is 0. The van der Waals surface area contributed by atoms with Crippen LogP contribution in [-0.4, -0.2) is 65.4 Å². The number of carbonyl (C=O) groups excluding carboxylic acids is 2. The first-order valence-corrected chi connectivity index (χ1v) is 10.8. The summed E-state index contributed by atoms with van der Waals surface area (Å²) in [5.41, 5.74) is 8.40. The first-order valence-electron chi connectivity index (χ1n) is 10.8. The van der Waals surface area contributed by atoms with E-state index in [0.29, 0.717) is 43.6 Å². The molecule has 1 saturated heterocycles. The number of piperazine rings is 1. The second-order valence-electron chi connectivity index (χ2n) is 8.19. The Hall–Kier alpha value is -3.59. The highest BCUT2D eigenvalue weighted by Crippen LogP contribution is 2.25. The summed E-state index contributed by atoms with van der Waals surface area (Å²) in [5.74, 6) is 0.634. The molecule has 0 aliphatic carbocycles. The van der Waals surface area contributed by atoms with E-state index in [2.05, 4.69) is 39.3 Å². The van der Waals surface area contributed by atoms with Crippen molar-refractivity contribution in [1.29, 1.82) is 0 Å². The van der Waals surface area contributed by atoms with E-state index < -0.39 is 0 Å². The number of rotatable bonds is 6. The Labute approximate surface area is 187 Å². The number of hydrogen-bond acceptors (Lipinski definition) is 6. The first-order chi connectivity index (χ1) is 15.4. The average Bonchev–Trinajstić information content (AvgIpc) is 3.22. The van der Waals surface area contributed by atoms with Gasteiger partial charge >= 0.3 is 0 Å². The summed E-state index contributed by atoms with van der Waals surface area (Å²) in [4.78, 5) is 36.5. The molecule has 9 heteroatoms. The maximum atomic E-state index is 13.1. The van der Waals surface area contributed by atoms with Crippen LogP contribution in [0.25, 0.3) is 10.9 Å². The average molecular weight is 436 g/mol. The number of fused-ring (bicyclic) bond motifs is 1. The predicted octanol–water partition coefficient (Wildman–Crippen LogP) is 2.24. The SMILES string of the molecule is CC(C)Nc1cccnc1N1CCN(C(=O)c2cc3cc(NC(=O)CN)ccc3[nH]2)CC1. The van der Waals surface area contributed by atoms with E-state index in [1.54, 1.807) is 12.3 Å². The molecule has 0 radical (unpaired) electrons. The quantitative estimate of drug-likeness (QED) is 0.471. The summed E-state index contributed by atoms with van der Waals surface area (Å²) in [6.07, 6.45) is 1.80. The molecule has 5 N–H and O–H groups in total. The van der Waals surface area contributed by atoms with Gasteiger partial charge in [-0.1, -0.05) is 0 Å². The molecule has 32 heavy (non-hydrogen) atoms. The lowest BCUT2D eigenvalue weighted by Gasteiger charge is -2.36. The smallest absolute Gasteiger partial charge is 0.270 e. The minimum absolute atomic E-state index is 0.0325. The van der Waals surface area contributed by atoms with E-state index >= 15 is 0 Å². The minimum Gasteiger partial charge on any atom is -0.380 e. The Balaban J connectivity index is 1.43. The number of hydrogen-bond donors (Lipinski definition) is 4. The van der Waals surface area contributed by atoms with Gasteiger partial charge in [0.25, 0.3) is 5.91 Å². The Kier molecular flexibility index (Phi) is 6.27. The molecule has 9 nitrogen and oxygen atoms in total. The summed E-state index contributed by atoms with van der Waals surface area (Å²) in [6.45, 7) is 6.78. The molecule has 1 aliphatic heterocycles. The molecule has 4 rings (SSSR count). The fourth-order valence-electron chi connectivity index (χ4n) is 3.90. The van der Waals surface area contributed by atoms with Crippen LogP contribution in [0.5, 0.6) is 0 Å². The molecule has 0 atom stereocenters. The van der Waals surface area contributed by atoms with Gasteiger partial charge in [-0.15, -0.1) is 0 Å². The van der Waals surface area contributed by atoms with Gasteiger partial charge in [0.1, 0.15) is 5.69 Å². The summed E-state index contributed by atoms with van der Waals surface area (Å²) in [5, 5.41) is 7.04.